The molecule has 2 rings (SSSR count). The lowest BCUT2D eigenvalue weighted by Crippen LogP contribution is -2.16. The Balaban J connectivity index is 1.98. The van der Waals surface area contributed by atoms with Crippen LogP contribution < -0.4 is 0 Å². The van der Waals surface area contributed by atoms with Crippen molar-refractivity contribution in [1.82, 2.24) is 4.31 Å². The largest absolute Gasteiger partial charge is 0.478 e. The highest BCUT2D eigenvalue weighted by atomic mass is 32.2. The van der Waals surface area contributed by atoms with Gasteiger partial charge < -0.3 is 4.74 Å². The molecular weight excluding hydrogens is 134 g/mol. The molecule has 2 aliphatic heterocycles. The number of rotatable bonds is 1. The molecule has 0 bridgehead atoms. The molecule has 0 aromatic rings. The molecule has 0 amide bonds. The van der Waals surface area contributed by atoms with Gasteiger partial charge in [0.1, 0.15) is 0 Å². The van der Waals surface area contributed by atoms with Crippen LogP contribution in [0.3, 0.4) is 0 Å². The maximum absolute atomic E-state index is 5.24. The first-order valence-corrected chi connectivity index (χ1v) is 3.79. The molecule has 2 atom stereocenters. The summed E-state index contributed by atoms with van der Waals surface area (Å²) in [6, 6.07) is 0. The normalized spacial score (nSPS) is 38.2. The van der Waals surface area contributed by atoms with Crippen LogP contribution in [0.25, 0.3) is 0 Å². The summed E-state index contributed by atoms with van der Waals surface area (Å²) in [6.45, 7) is 0. The predicted octanol–water partition coefficient (Wildman–Crippen LogP) is 1.33. The van der Waals surface area contributed by atoms with Gasteiger partial charge >= 0.3 is 0 Å². The fourth-order valence-electron chi connectivity index (χ4n) is 0.720. The quantitative estimate of drug-likeness (QED) is 0.404. The van der Waals surface area contributed by atoms with E-state index in [-0.39, 0.29) is 6.23 Å². The Kier molecular flexibility index (Phi) is 1.24. The van der Waals surface area contributed by atoms with Crippen molar-refractivity contribution in [2.75, 3.05) is 5.88 Å². The second-order valence-electron chi connectivity index (χ2n) is 1.92. The molecule has 0 N–H and O–H groups in total. The van der Waals surface area contributed by atoms with Gasteiger partial charge in [-0.25, -0.2) is 0 Å². The fraction of sp³-hybridized carbons (Fsp3) is 0.333. The smallest absolute Gasteiger partial charge is 0.181 e. The molecule has 9 heavy (non-hydrogen) atoms. The molecule has 0 aromatic carbocycles. The third-order valence-corrected chi connectivity index (χ3v) is 2.01. The molecular formula is C6H7NOS. The SMILES string of the molecule is C1=COC(N2CS2)C=C1. The minimum Gasteiger partial charge on any atom is -0.478 e. The fourth-order valence-corrected chi connectivity index (χ4v) is 1.20. The topological polar surface area (TPSA) is 12.2 Å². The van der Waals surface area contributed by atoms with E-state index in [1.165, 1.54) is 0 Å². The van der Waals surface area contributed by atoms with Gasteiger partial charge in [0.05, 0.1) is 12.1 Å². The second-order valence-corrected chi connectivity index (χ2v) is 2.90. The summed E-state index contributed by atoms with van der Waals surface area (Å²) in [4.78, 5) is 0. The van der Waals surface area contributed by atoms with Gasteiger partial charge in [0.15, 0.2) is 6.23 Å². The van der Waals surface area contributed by atoms with E-state index in [9.17, 15) is 0 Å². The summed E-state index contributed by atoms with van der Waals surface area (Å²) < 4.78 is 7.41. The molecule has 2 nitrogen and oxygen atoms in total. The molecule has 2 aliphatic rings. The Morgan fingerprint density at radius 2 is 2.44 bits per heavy atom. The van der Waals surface area contributed by atoms with Crippen molar-refractivity contribution in [3.63, 3.8) is 0 Å². The Morgan fingerprint density at radius 1 is 1.56 bits per heavy atom. The highest BCUT2D eigenvalue weighted by Gasteiger charge is 2.28. The van der Waals surface area contributed by atoms with Crippen molar-refractivity contribution in [2.24, 2.45) is 0 Å². The molecule has 0 spiro atoms. The van der Waals surface area contributed by atoms with E-state index >= 15 is 0 Å². The second kappa shape index (κ2) is 2.08. The third-order valence-electron chi connectivity index (χ3n) is 1.25. The Labute approximate surface area is 58.3 Å². The molecule has 1 fully saturated rings. The minimum atomic E-state index is 0.194. The van der Waals surface area contributed by atoms with E-state index in [0.29, 0.717) is 0 Å². The monoisotopic (exact) mass is 141 g/mol. The molecule has 0 saturated carbocycles. The van der Waals surface area contributed by atoms with Crippen LogP contribution in [-0.2, 0) is 4.74 Å². The number of ether oxygens (including phenoxy) is 1. The van der Waals surface area contributed by atoms with Gasteiger partial charge in [-0.1, -0.05) is 18.0 Å². The van der Waals surface area contributed by atoms with Crippen LogP contribution in [0.15, 0.2) is 24.5 Å². The lowest BCUT2D eigenvalue weighted by Gasteiger charge is -2.13. The van der Waals surface area contributed by atoms with Crippen LogP contribution in [0.1, 0.15) is 0 Å². The molecule has 1 saturated heterocycles. The zero-order chi connectivity index (χ0) is 6.10. The van der Waals surface area contributed by atoms with Crippen molar-refractivity contribution in [2.45, 2.75) is 6.23 Å². The van der Waals surface area contributed by atoms with Crippen molar-refractivity contribution in [3.8, 4) is 0 Å². The van der Waals surface area contributed by atoms with Crippen LogP contribution in [0.5, 0.6) is 0 Å². The molecule has 2 unspecified atom stereocenters. The summed E-state index contributed by atoms with van der Waals surface area (Å²) in [5.74, 6) is 1.10. The summed E-state index contributed by atoms with van der Waals surface area (Å²) in [6.07, 6.45) is 7.86. The average Bonchev–Trinajstić information content (AvgIpc) is 2.71. The van der Waals surface area contributed by atoms with Crippen molar-refractivity contribution in [1.29, 1.82) is 0 Å². The predicted molar refractivity (Wildman–Crippen MR) is 37.5 cm³/mol. The van der Waals surface area contributed by atoms with E-state index in [1.54, 1.807) is 18.2 Å². The zero-order valence-electron chi connectivity index (χ0n) is 4.86. The summed E-state index contributed by atoms with van der Waals surface area (Å²) in [5.41, 5.74) is 0. The van der Waals surface area contributed by atoms with Crippen LogP contribution in [0.2, 0.25) is 0 Å². The number of hydrogen-bond acceptors (Lipinski definition) is 3. The van der Waals surface area contributed by atoms with Gasteiger partial charge in [-0.2, -0.15) is 4.31 Å². The van der Waals surface area contributed by atoms with E-state index in [1.807, 2.05) is 18.2 Å². The zero-order valence-corrected chi connectivity index (χ0v) is 5.67. The van der Waals surface area contributed by atoms with E-state index in [2.05, 4.69) is 4.31 Å². The highest BCUT2D eigenvalue weighted by Crippen LogP contribution is 2.32. The molecule has 0 radical (unpaired) electrons. The standard InChI is InChI=1S/C6H7NOS/c1-2-4-8-6(3-1)7-5-9-7/h1-4,6H,5H2. The molecule has 3 heteroatoms. The number of hydrogen-bond donors (Lipinski definition) is 0. The summed E-state index contributed by atoms with van der Waals surface area (Å²) >= 11 is 1.80. The van der Waals surface area contributed by atoms with Crippen molar-refractivity contribution >= 4 is 11.9 Å². The van der Waals surface area contributed by atoms with Crippen molar-refractivity contribution in [3.05, 3.63) is 24.5 Å². The summed E-state index contributed by atoms with van der Waals surface area (Å²) in [7, 11) is 0. The maximum Gasteiger partial charge on any atom is 0.181 e. The van der Waals surface area contributed by atoms with Gasteiger partial charge in [-0.3, -0.25) is 0 Å². The Morgan fingerprint density at radius 3 is 3.00 bits per heavy atom. The molecule has 0 aliphatic carbocycles. The van der Waals surface area contributed by atoms with Crippen LogP contribution >= 0.6 is 11.9 Å². The number of nitrogens with zero attached hydrogens (tertiary/aromatic N) is 1. The van der Waals surface area contributed by atoms with Gasteiger partial charge in [0, 0.05) is 0 Å². The first kappa shape index (κ1) is 5.38. The average molecular weight is 141 g/mol. The lowest BCUT2D eigenvalue weighted by atomic mass is 10.4. The summed E-state index contributed by atoms with van der Waals surface area (Å²) in [5, 5.41) is 0. The first-order chi connectivity index (χ1) is 4.47. The van der Waals surface area contributed by atoms with Crippen LogP contribution in [-0.4, -0.2) is 16.4 Å². The van der Waals surface area contributed by atoms with Gasteiger partial charge in [0.2, 0.25) is 0 Å². The van der Waals surface area contributed by atoms with Crippen LogP contribution in [0.4, 0.5) is 0 Å². The number of allylic oxidation sites excluding steroid dienone is 2. The Bertz CT molecular complexity index is 162. The highest BCUT2D eigenvalue weighted by molar-refractivity contribution is 8.03. The van der Waals surface area contributed by atoms with Gasteiger partial charge in [-0.15, -0.1) is 0 Å². The minimum absolute atomic E-state index is 0.194. The maximum atomic E-state index is 5.24. The van der Waals surface area contributed by atoms with Gasteiger partial charge in [-0.05, 0) is 12.2 Å². The van der Waals surface area contributed by atoms with Crippen molar-refractivity contribution < 1.29 is 4.74 Å². The van der Waals surface area contributed by atoms with E-state index in [4.69, 9.17) is 4.74 Å². The molecule has 2 heterocycles. The molecule has 0 aromatic heterocycles. The Hall–Kier alpha value is -0.410. The third kappa shape index (κ3) is 1.11. The lowest BCUT2D eigenvalue weighted by molar-refractivity contribution is 0.117. The van der Waals surface area contributed by atoms with E-state index < -0.39 is 0 Å². The van der Waals surface area contributed by atoms with Gasteiger partial charge in [0.25, 0.3) is 0 Å². The molecule has 48 valence electrons. The van der Waals surface area contributed by atoms with Crippen LogP contribution in [0, 0.1) is 0 Å². The van der Waals surface area contributed by atoms with E-state index in [0.717, 1.165) is 5.88 Å². The first-order valence-electron chi connectivity index (χ1n) is 2.85.